The molecule has 0 saturated heterocycles. The van der Waals surface area contributed by atoms with E-state index in [4.69, 9.17) is 0 Å². The Morgan fingerprint density at radius 2 is 1.94 bits per heavy atom. The highest BCUT2D eigenvalue weighted by Crippen LogP contribution is 2.29. The van der Waals surface area contributed by atoms with Crippen LogP contribution in [0.25, 0.3) is 0 Å². The van der Waals surface area contributed by atoms with Crippen molar-refractivity contribution in [2.24, 2.45) is 5.92 Å². The summed E-state index contributed by atoms with van der Waals surface area (Å²) in [5.74, 6) is -1.86. The fourth-order valence-electron chi connectivity index (χ4n) is 2.06. The molecule has 2 atom stereocenters. The molecule has 3 nitrogen and oxygen atoms in total. The molecule has 0 aliphatic rings. The van der Waals surface area contributed by atoms with Gasteiger partial charge in [0.25, 0.3) is 0 Å². The minimum Gasteiger partial charge on any atom is -0.463 e. The molecule has 0 aromatic heterocycles. The van der Waals surface area contributed by atoms with Crippen molar-refractivity contribution in [3.63, 3.8) is 0 Å². The van der Waals surface area contributed by atoms with Gasteiger partial charge >= 0.3 is 5.97 Å². The maximum absolute atomic E-state index is 12.0. The number of hydrogen-bond donors (Lipinski definition) is 0. The molecular weight excluding hydrogens is 228 g/mol. The summed E-state index contributed by atoms with van der Waals surface area (Å²) in [6.45, 7) is 5.65. The SMILES string of the molecule is C=C[C@H](c1ccccc1)[C@H](CC)C(=O)C(=O)OC. The summed E-state index contributed by atoms with van der Waals surface area (Å²) in [7, 11) is 1.22. The maximum Gasteiger partial charge on any atom is 0.374 e. The predicted octanol–water partition coefficient (Wildman–Crippen LogP) is 2.72. The van der Waals surface area contributed by atoms with Crippen LogP contribution in [0.4, 0.5) is 0 Å². The lowest BCUT2D eigenvalue weighted by Crippen LogP contribution is -2.28. The molecule has 0 aliphatic heterocycles. The van der Waals surface area contributed by atoms with Crippen molar-refractivity contribution in [2.75, 3.05) is 7.11 Å². The number of carbonyl (C=O) groups excluding carboxylic acids is 2. The molecule has 0 heterocycles. The Bertz CT molecular complexity index is 423. The van der Waals surface area contributed by atoms with Crippen molar-refractivity contribution in [3.05, 3.63) is 48.6 Å². The van der Waals surface area contributed by atoms with Gasteiger partial charge in [-0.25, -0.2) is 4.79 Å². The lowest BCUT2D eigenvalue weighted by molar-refractivity contribution is -0.153. The molecular formula is C15H18O3. The zero-order valence-corrected chi connectivity index (χ0v) is 10.8. The van der Waals surface area contributed by atoms with Gasteiger partial charge in [0.05, 0.1) is 7.11 Å². The molecule has 1 rings (SSSR count). The molecule has 18 heavy (non-hydrogen) atoms. The minimum atomic E-state index is -0.787. The van der Waals surface area contributed by atoms with E-state index in [1.807, 2.05) is 37.3 Å². The van der Waals surface area contributed by atoms with Crippen LogP contribution in [0.1, 0.15) is 24.8 Å². The van der Waals surface area contributed by atoms with Gasteiger partial charge in [0.15, 0.2) is 0 Å². The fraction of sp³-hybridized carbons (Fsp3) is 0.333. The first-order valence-corrected chi connectivity index (χ1v) is 5.95. The van der Waals surface area contributed by atoms with Crippen LogP contribution in [0.3, 0.4) is 0 Å². The lowest BCUT2D eigenvalue weighted by atomic mass is 9.81. The summed E-state index contributed by atoms with van der Waals surface area (Å²) in [4.78, 5) is 23.3. The standard InChI is InChI=1S/C15H18O3/c1-4-12(11-9-7-6-8-10-11)13(5-2)14(16)15(17)18-3/h4,6-10,12-13H,1,5H2,2-3H3/t12-,13+/m1/s1. The van der Waals surface area contributed by atoms with Crippen LogP contribution >= 0.6 is 0 Å². The summed E-state index contributed by atoms with van der Waals surface area (Å²) in [6, 6.07) is 9.58. The summed E-state index contributed by atoms with van der Waals surface area (Å²) in [6.07, 6.45) is 2.28. The lowest BCUT2D eigenvalue weighted by Gasteiger charge is -2.21. The van der Waals surface area contributed by atoms with E-state index in [1.165, 1.54) is 7.11 Å². The fourth-order valence-corrected chi connectivity index (χ4v) is 2.06. The molecule has 1 aromatic carbocycles. The van der Waals surface area contributed by atoms with Crippen LogP contribution in [0.2, 0.25) is 0 Å². The number of Topliss-reactive ketones (excluding diaryl/α,β-unsaturated/α-hetero) is 1. The molecule has 0 bridgehead atoms. The van der Waals surface area contributed by atoms with E-state index in [0.717, 1.165) is 5.56 Å². The largest absolute Gasteiger partial charge is 0.463 e. The maximum atomic E-state index is 12.0. The monoisotopic (exact) mass is 246 g/mol. The molecule has 0 aliphatic carbocycles. The van der Waals surface area contributed by atoms with Crippen LogP contribution in [0, 0.1) is 5.92 Å². The van der Waals surface area contributed by atoms with Crippen molar-refractivity contribution >= 4 is 11.8 Å². The van der Waals surface area contributed by atoms with Crippen molar-refractivity contribution in [1.29, 1.82) is 0 Å². The van der Waals surface area contributed by atoms with Crippen LogP contribution in [0.15, 0.2) is 43.0 Å². The number of benzene rings is 1. The van der Waals surface area contributed by atoms with E-state index in [1.54, 1.807) is 6.08 Å². The second-order valence-corrected chi connectivity index (χ2v) is 4.04. The highest BCUT2D eigenvalue weighted by atomic mass is 16.5. The number of hydrogen-bond acceptors (Lipinski definition) is 3. The van der Waals surface area contributed by atoms with Gasteiger partial charge in [-0.15, -0.1) is 6.58 Å². The Kier molecular flexibility index (Phi) is 5.31. The van der Waals surface area contributed by atoms with Gasteiger partial charge < -0.3 is 4.74 Å². The molecule has 0 amide bonds. The summed E-state index contributed by atoms with van der Waals surface area (Å²) in [5, 5.41) is 0. The Hall–Kier alpha value is -1.90. The quantitative estimate of drug-likeness (QED) is 0.440. The van der Waals surface area contributed by atoms with Gasteiger partial charge in [0, 0.05) is 11.8 Å². The number of allylic oxidation sites excluding steroid dienone is 1. The zero-order chi connectivity index (χ0) is 13.5. The number of esters is 1. The first kappa shape index (κ1) is 14.2. The van der Waals surface area contributed by atoms with Gasteiger partial charge in [0.2, 0.25) is 5.78 Å². The molecule has 3 heteroatoms. The van der Waals surface area contributed by atoms with E-state index in [0.29, 0.717) is 6.42 Å². The van der Waals surface area contributed by atoms with Crippen LogP contribution < -0.4 is 0 Å². The minimum absolute atomic E-state index is 0.164. The van der Waals surface area contributed by atoms with E-state index in [2.05, 4.69) is 11.3 Å². The van der Waals surface area contributed by atoms with Gasteiger partial charge in [-0.1, -0.05) is 43.3 Å². The predicted molar refractivity (Wildman–Crippen MR) is 70.2 cm³/mol. The highest BCUT2D eigenvalue weighted by molar-refractivity contribution is 6.34. The molecule has 0 N–H and O–H groups in total. The third-order valence-electron chi connectivity index (χ3n) is 3.04. The normalized spacial score (nSPS) is 13.4. The van der Waals surface area contributed by atoms with Crippen LogP contribution in [-0.4, -0.2) is 18.9 Å². The van der Waals surface area contributed by atoms with Crippen molar-refractivity contribution in [3.8, 4) is 0 Å². The molecule has 0 unspecified atom stereocenters. The van der Waals surface area contributed by atoms with Gasteiger partial charge in [0.1, 0.15) is 0 Å². The van der Waals surface area contributed by atoms with Crippen LogP contribution in [-0.2, 0) is 14.3 Å². The van der Waals surface area contributed by atoms with E-state index in [-0.39, 0.29) is 5.92 Å². The number of methoxy groups -OCH3 is 1. The number of ether oxygens (including phenoxy) is 1. The topological polar surface area (TPSA) is 43.4 Å². The van der Waals surface area contributed by atoms with Crippen molar-refractivity contribution in [2.45, 2.75) is 19.3 Å². The smallest absolute Gasteiger partial charge is 0.374 e. The molecule has 0 radical (unpaired) electrons. The van der Waals surface area contributed by atoms with E-state index < -0.39 is 17.7 Å². The third kappa shape index (κ3) is 3.06. The Balaban J connectivity index is 3.02. The Morgan fingerprint density at radius 1 is 1.33 bits per heavy atom. The second-order valence-electron chi connectivity index (χ2n) is 4.04. The number of ketones is 1. The van der Waals surface area contributed by atoms with Gasteiger partial charge in [-0.3, -0.25) is 4.79 Å². The first-order valence-electron chi connectivity index (χ1n) is 5.95. The van der Waals surface area contributed by atoms with Crippen molar-refractivity contribution in [1.82, 2.24) is 0 Å². The van der Waals surface area contributed by atoms with Gasteiger partial charge in [-0.05, 0) is 12.0 Å². The summed E-state index contributed by atoms with van der Waals surface area (Å²) in [5.41, 5.74) is 0.983. The highest BCUT2D eigenvalue weighted by Gasteiger charge is 2.31. The molecule has 0 spiro atoms. The average molecular weight is 246 g/mol. The molecule has 1 aromatic rings. The van der Waals surface area contributed by atoms with E-state index >= 15 is 0 Å². The molecule has 96 valence electrons. The molecule has 0 saturated carbocycles. The molecule has 0 fully saturated rings. The summed E-state index contributed by atoms with van der Waals surface area (Å²) >= 11 is 0. The van der Waals surface area contributed by atoms with Gasteiger partial charge in [-0.2, -0.15) is 0 Å². The third-order valence-corrected chi connectivity index (χ3v) is 3.04. The Labute approximate surface area is 107 Å². The van der Waals surface area contributed by atoms with E-state index in [9.17, 15) is 9.59 Å². The second kappa shape index (κ2) is 6.74. The Morgan fingerprint density at radius 3 is 2.39 bits per heavy atom. The van der Waals surface area contributed by atoms with Crippen molar-refractivity contribution < 1.29 is 14.3 Å². The van der Waals surface area contributed by atoms with Crippen LogP contribution in [0.5, 0.6) is 0 Å². The number of rotatable bonds is 6. The zero-order valence-electron chi connectivity index (χ0n) is 10.8. The number of carbonyl (C=O) groups is 2. The first-order chi connectivity index (χ1) is 8.65. The average Bonchev–Trinajstić information content (AvgIpc) is 2.43. The summed E-state index contributed by atoms with van der Waals surface area (Å²) < 4.78 is 4.50.